The molecular formula is C17H17ClF3N5O. The smallest absolute Gasteiger partial charge is 0.341 e. The van der Waals surface area contributed by atoms with Gasteiger partial charge in [-0.1, -0.05) is 23.7 Å². The third-order valence-corrected chi connectivity index (χ3v) is 4.41. The van der Waals surface area contributed by atoms with Gasteiger partial charge in [-0.3, -0.25) is 15.6 Å². The second-order valence-electron chi connectivity index (χ2n) is 6.04. The largest absolute Gasteiger partial charge is 0.418 e. The van der Waals surface area contributed by atoms with Crippen molar-refractivity contribution in [3.05, 3.63) is 46.7 Å². The quantitative estimate of drug-likeness (QED) is 0.763. The highest BCUT2D eigenvalue weighted by Crippen LogP contribution is 2.34. The van der Waals surface area contributed by atoms with Gasteiger partial charge in [-0.15, -0.1) is 0 Å². The number of amides is 1. The number of nitrogens with one attached hydrogen (secondary N) is 2. The summed E-state index contributed by atoms with van der Waals surface area (Å²) in [6.45, 7) is 1.56. The van der Waals surface area contributed by atoms with Gasteiger partial charge < -0.3 is 4.90 Å². The monoisotopic (exact) mass is 399 g/mol. The molecule has 3 rings (SSSR count). The number of nitrogens with zero attached hydrogens (tertiary/aromatic N) is 3. The number of hydrazine groups is 1. The van der Waals surface area contributed by atoms with Crippen LogP contribution in [0.3, 0.4) is 0 Å². The van der Waals surface area contributed by atoms with Crippen LogP contribution in [0.15, 0.2) is 30.5 Å². The van der Waals surface area contributed by atoms with Crippen molar-refractivity contribution in [2.75, 3.05) is 23.4 Å². The Bertz CT molecular complexity index is 824. The Morgan fingerprint density at radius 3 is 2.56 bits per heavy atom. The first-order valence-corrected chi connectivity index (χ1v) is 8.74. The molecule has 0 aliphatic carbocycles. The van der Waals surface area contributed by atoms with Gasteiger partial charge >= 0.3 is 6.18 Å². The molecule has 0 radical (unpaired) electrons. The van der Waals surface area contributed by atoms with Crippen LogP contribution in [0.1, 0.15) is 35.3 Å². The maximum absolute atomic E-state index is 13.0. The van der Waals surface area contributed by atoms with Gasteiger partial charge in [0.2, 0.25) is 5.95 Å². The molecule has 1 aliphatic rings. The number of alkyl halides is 3. The summed E-state index contributed by atoms with van der Waals surface area (Å²) in [5, 5.41) is 0.0131. The lowest BCUT2D eigenvalue weighted by Gasteiger charge is -2.26. The van der Waals surface area contributed by atoms with E-state index in [2.05, 4.69) is 20.8 Å². The van der Waals surface area contributed by atoms with E-state index >= 15 is 0 Å². The number of halogens is 4. The first kappa shape index (κ1) is 19.2. The molecule has 0 spiro atoms. The number of hydrogen-bond donors (Lipinski definition) is 2. The topological polar surface area (TPSA) is 70.2 Å². The van der Waals surface area contributed by atoms with Crippen LogP contribution in [-0.4, -0.2) is 29.0 Å². The van der Waals surface area contributed by atoms with Crippen molar-refractivity contribution in [2.45, 2.75) is 25.4 Å². The molecule has 0 unspecified atom stereocenters. The molecule has 2 aromatic rings. The number of aromatic nitrogens is 2. The summed E-state index contributed by atoms with van der Waals surface area (Å²) < 4.78 is 39.1. The van der Waals surface area contributed by atoms with Crippen LogP contribution in [0, 0.1) is 0 Å². The zero-order valence-corrected chi connectivity index (χ0v) is 14.9. The van der Waals surface area contributed by atoms with Gasteiger partial charge in [0.05, 0.1) is 22.5 Å². The zero-order chi connectivity index (χ0) is 19.4. The number of piperidine rings is 1. The van der Waals surface area contributed by atoms with Crippen molar-refractivity contribution in [1.29, 1.82) is 0 Å². The molecular weight excluding hydrogens is 383 g/mol. The summed E-state index contributed by atoms with van der Waals surface area (Å²) >= 11 is 6.00. The van der Waals surface area contributed by atoms with E-state index < -0.39 is 17.6 Å². The fourth-order valence-corrected chi connectivity index (χ4v) is 2.96. The Hall–Kier alpha value is -2.55. The number of para-hydroxylation sites is 1. The molecule has 144 valence electrons. The SMILES string of the molecule is O=C(NNc1ccccc1C(F)(F)F)c1nc(N2CCCCC2)ncc1Cl. The molecule has 10 heteroatoms. The van der Waals surface area contributed by atoms with Crippen LogP contribution >= 0.6 is 11.6 Å². The van der Waals surface area contributed by atoms with E-state index in [4.69, 9.17) is 11.6 Å². The molecule has 2 heterocycles. The Kier molecular flexibility index (Phi) is 5.69. The van der Waals surface area contributed by atoms with Gasteiger partial charge in [-0.2, -0.15) is 13.2 Å². The van der Waals surface area contributed by atoms with Crippen molar-refractivity contribution in [1.82, 2.24) is 15.4 Å². The van der Waals surface area contributed by atoms with Crippen LogP contribution in [0.25, 0.3) is 0 Å². The van der Waals surface area contributed by atoms with E-state index in [-0.39, 0.29) is 16.4 Å². The van der Waals surface area contributed by atoms with Crippen LogP contribution in [-0.2, 0) is 6.18 Å². The van der Waals surface area contributed by atoms with E-state index in [0.29, 0.717) is 5.95 Å². The molecule has 6 nitrogen and oxygen atoms in total. The van der Waals surface area contributed by atoms with Crippen molar-refractivity contribution < 1.29 is 18.0 Å². The van der Waals surface area contributed by atoms with E-state index in [9.17, 15) is 18.0 Å². The summed E-state index contributed by atoms with van der Waals surface area (Å²) in [7, 11) is 0. The van der Waals surface area contributed by atoms with Crippen LogP contribution in [0.5, 0.6) is 0 Å². The van der Waals surface area contributed by atoms with E-state index in [1.807, 2.05) is 4.90 Å². The predicted octanol–water partition coefficient (Wildman–Crippen LogP) is 3.90. The fourth-order valence-electron chi connectivity index (χ4n) is 2.79. The molecule has 1 aliphatic heterocycles. The average molecular weight is 400 g/mol. The minimum atomic E-state index is -4.55. The van der Waals surface area contributed by atoms with Crippen LogP contribution in [0.4, 0.5) is 24.8 Å². The van der Waals surface area contributed by atoms with Gasteiger partial charge in [0.1, 0.15) is 0 Å². The van der Waals surface area contributed by atoms with Gasteiger partial charge in [0, 0.05) is 13.1 Å². The molecule has 0 saturated carbocycles. The Labute approximate surface area is 158 Å². The van der Waals surface area contributed by atoms with Gasteiger partial charge in [0.15, 0.2) is 5.69 Å². The van der Waals surface area contributed by atoms with Gasteiger partial charge in [0.25, 0.3) is 5.91 Å². The zero-order valence-electron chi connectivity index (χ0n) is 14.2. The van der Waals surface area contributed by atoms with Crippen molar-refractivity contribution in [2.24, 2.45) is 0 Å². The van der Waals surface area contributed by atoms with E-state index in [0.717, 1.165) is 38.4 Å². The summed E-state index contributed by atoms with van der Waals surface area (Å²) in [6.07, 6.45) is -0.105. The maximum Gasteiger partial charge on any atom is 0.418 e. The Morgan fingerprint density at radius 2 is 1.85 bits per heavy atom. The average Bonchev–Trinajstić information content (AvgIpc) is 2.66. The minimum absolute atomic E-state index is 0.0131. The predicted molar refractivity (Wildman–Crippen MR) is 95.6 cm³/mol. The Balaban J connectivity index is 1.75. The van der Waals surface area contributed by atoms with Gasteiger partial charge in [-0.25, -0.2) is 9.97 Å². The highest BCUT2D eigenvalue weighted by molar-refractivity contribution is 6.33. The minimum Gasteiger partial charge on any atom is -0.341 e. The first-order valence-electron chi connectivity index (χ1n) is 8.36. The third-order valence-electron chi connectivity index (χ3n) is 4.13. The number of anilines is 2. The first-order chi connectivity index (χ1) is 12.9. The highest BCUT2D eigenvalue weighted by Gasteiger charge is 2.33. The maximum atomic E-state index is 13.0. The molecule has 1 saturated heterocycles. The lowest BCUT2D eigenvalue weighted by atomic mass is 10.1. The molecule has 1 aromatic heterocycles. The molecule has 2 N–H and O–H groups in total. The van der Waals surface area contributed by atoms with E-state index in [1.165, 1.54) is 24.4 Å². The second kappa shape index (κ2) is 7.99. The lowest BCUT2D eigenvalue weighted by molar-refractivity contribution is -0.137. The summed E-state index contributed by atoms with van der Waals surface area (Å²) in [6, 6.07) is 4.82. The van der Waals surface area contributed by atoms with Crippen molar-refractivity contribution in [3.63, 3.8) is 0 Å². The lowest BCUT2D eigenvalue weighted by Crippen LogP contribution is -2.34. The second-order valence-corrected chi connectivity index (χ2v) is 6.44. The molecule has 0 atom stereocenters. The molecule has 0 bridgehead atoms. The Morgan fingerprint density at radius 1 is 1.15 bits per heavy atom. The molecule has 1 aromatic carbocycles. The van der Waals surface area contributed by atoms with Crippen LogP contribution in [0.2, 0.25) is 5.02 Å². The fraction of sp³-hybridized carbons (Fsp3) is 0.353. The summed E-state index contributed by atoms with van der Waals surface area (Å²) in [5.41, 5.74) is 3.23. The normalized spacial score (nSPS) is 14.7. The van der Waals surface area contributed by atoms with Crippen molar-refractivity contribution in [3.8, 4) is 0 Å². The van der Waals surface area contributed by atoms with Crippen LogP contribution < -0.4 is 15.8 Å². The number of carbonyl (C=O) groups excluding carboxylic acids is 1. The van der Waals surface area contributed by atoms with E-state index in [1.54, 1.807) is 0 Å². The molecule has 1 fully saturated rings. The number of carbonyl (C=O) groups is 1. The molecule has 27 heavy (non-hydrogen) atoms. The summed E-state index contributed by atoms with van der Waals surface area (Å²) in [4.78, 5) is 22.7. The molecule has 1 amide bonds. The number of benzene rings is 1. The summed E-state index contributed by atoms with van der Waals surface area (Å²) in [5.74, 6) is -0.377. The van der Waals surface area contributed by atoms with Gasteiger partial charge in [-0.05, 0) is 31.4 Å². The number of rotatable bonds is 4. The highest BCUT2D eigenvalue weighted by atomic mass is 35.5. The van der Waals surface area contributed by atoms with Crippen molar-refractivity contribution >= 4 is 29.1 Å². The standard InChI is InChI=1S/C17H17ClF3N5O/c18-12-10-22-16(26-8-4-1-5-9-26)23-14(12)15(27)25-24-13-7-3-2-6-11(13)17(19,20)21/h2-3,6-7,10,24H,1,4-5,8-9H2,(H,25,27). The third kappa shape index (κ3) is 4.60. The number of hydrogen-bond acceptors (Lipinski definition) is 5.